The minimum Gasteiger partial charge on any atom is -0.310 e. The van der Waals surface area contributed by atoms with Gasteiger partial charge in [-0.05, 0) is 31.1 Å². The molecule has 1 aliphatic carbocycles. The number of allylic oxidation sites excluding steroid dienone is 1. The molecule has 82 valence electrons. The molecule has 0 saturated heterocycles. The third-order valence-corrected chi connectivity index (χ3v) is 3.36. The fourth-order valence-corrected chi connectivity index (χ4v) is 2.46. The van der Waals surface area contributed by atoms with E-state index < -0.39 is 0 Å². The highest BCUT2D eigenvalue weighted by atomic mass is 35.5. The summed E-state index contributed by atoms with van der Waals surface area (Å²) in [4.78, 5) is 0. The summed E-state index contributed by atoms with van der Waals surface area (Å²) < 4.78 is 0. The molecule has 1 aliphatic rings. The molecular formula is C12H22ClN. The number of hydrogen-bond donors (Lipinski definition) is 1. The average Bonchev–Trinajstić information content (AvgIpc) is 2.15. The van der Waals surface area contributed by atoms with Crippen LogP contribution in [0.1, 0.15) is 33.1 Å². The predicted octanol–water partition coefficient (Wildman–Crippen LogP) is 3.20. The van der Waals surface area contributed by atoms with Crippen molar-refractivity contribution in [1.29, 1.82) is 0 Å². The zero-order valence-electron chi connectivity index (χ0n) is 9.30. The number of alkyl halides is 1. The Morgan fingerprint density at radius 2 is 2.07 bits per heavy atom. The van der Waals surface area contributed by atoms with Gasteiger partial charge in [0.2, 0.25) is 0 Å². The number of hydrogen-bond acceptors (Lipinski definition) is 1. The van der Waals surface area contributed by atoms with Crippen molar-refractivity contribution in [2.45, 2.75) is 39.2 Å². The van der Waals surface area contributed by atoms with Gasteiger partial charge in [-0.25, -0.2) is 0 Å². The zero-order chi connectivity index (χ0) is 10.4. The Kier molecular flexibility index (Phi) is 5.57. The molecular weight excluding hydrogens is 194 g/mol. The molecule has 2 heteroatoms. The van der Waals surface area contributed by atoms with E-state index in [0.717, 1.165) is 18.4 Å². The van der Waals surface area contributed by atoms with Crippen LogP contribution in [0.5, 0.6) is 0 Å². The normalized spacial score (nSPS) is 33.8. The van der Waals surface area contributed by atoms with Crippen LogP contribution in [0.2, 0.25) is 0 Å². The molecule has 1 N–H and O–H groups in total. The van der Waals surface area contributed by atoms with E-state index in [1.807, 2.05) is 6.08 Å². The van der Waals surface area contributed by atoms with Gasteiger partial charge in [0.15, 0.2) is 0 Å². The first-order valence-electron chi connectivity index (χ1n) is 5.68. The average molecular weight is 216 g/mol. The van der Waals surface area contributed by atoms with Crippen LogP contribution in [0.15, 0.2) is 12.2 Å². The van der Waals surface area contributed by atoms with Crippen LogP contribution in [0.4, 0.5) is 0 Å². The molecule has 0 amide bonds. The van der Waals surface area contributed by atoms with E-state index in [-0.39, 0.29) is 0 Å². The molecule has 0 aromatic rings. The molecule has 0 aliphatic heterocycles. The van der Waals surface area contributed by atoms with Crippen LogP contribution in [-0.2, 0) is 0 Å². The lowest BCUT2D eigenvalue weighted by Crippen LogP contribution is -2.39. The molecule has 0 spiro atoms. The fraction of sp³-hybridized carbons (Fsp3) is 0.833. The van der Waals surface area contributed by atoms with Gasteiger partial charge >= 0.3 is 0 Å². The van der Waals surface area contributed by atoms with Crippen LogP contribution in [-0.4, -0.2) is 18.5 Å². The number of rotatable bonds is 4. The summed E-state index contributed by atoms with van der Waals surface area (Å²) in [6.45, 7) is 5.69. The summed E-state index contributed by atoms with van der Waals surface area (Å²) in [6.07, 6.45) is 8.21. The number of halogens is 1. The van der Waals surface area contributed by atoms with Crippen LogP contribution >= 0.6 is 11.6 Å². The second-order valence-corrected chi connectivity index (χ2v) is 4.84. The minimum atomic E-state index is 0.624. The van der Waals surface area contributed by atoms with Gasteiger partial charge in [-0.15, -0.1) is 11.6 Å². The van der Waals surface area contributed by atoms with E-state index in [2.05, 4.69) is 25.2 Å². The zero-order valence-corrected chi connectivity index (χ0v) is 10.1. The Labute approximate surface area is 92.9 Å². The second kappa shape index (κ2) is 6.47. The lowest BCUT2D eigenvalue weighted by atomic mass is 9.80. The Morgan fingerprint density at radius 1 is 1.29 bits per heavy atom. The van der Waals surface area contributed by atoms with E-state index in [9.17, 15) is 0 Å². The molecule has 1 nitrogen and oxygen atoms in total. The third-order valence-electron chi connectivity index (χ3n) is 3.19. The monoisotopic (exact) mass is 215 g/mol. The van der Waals surface area contributed by atoms with Crippen LogP contribution < -0.4 is 5.32 Å². The molecule has 1 saturated carbocycles. The molecule has 0 bridgehead atoms. The van der Waals surface area contributed by atoms with Crippen molar-refractivity contribution < 1.29 is 0 Å². The minimum absolute atomic E-state index is 0.624. The van der Waals surface area contributed by atoms with Crippen molar-refractivity contribution in [3.05, 3.63) is 12.2 Å². The van der Waals surface area contributed by atoms with Crippen molar-refractivity contribution in [3.63, 3.8) is 0 Å². The smallest absolute Gasteiger partial charge is 0.0404 e. The predicted molar refractivity (Wildman–Crippen MR) is 63.8 cm³/mol. The second-order valence-electron chi connectivity index (χ2n) is 4.54. The third kappa shape index (κ3) is 4.02. The van der Waals surface area contributed by atoms with E-state index in [1.54, 1.807) is 0 Å². The van der Waals surface area contributed by atoms with Crippen LogP contribution in [0.25, 0.3) is 0 Å². The summed E-state index contributed by atoms with van der Waals surface area (Å²) in [5.41, 5.74) is 0. The van der Waals surface area contributed by atoms with Crippen LogP contribution in [0.3, 0.4) is 0 Å². The highest BCUT2D eigenvalue weighted by Gasteiger charge is 2.24. The summed E-state index contributed by atoms with van der Waals surface area (Å²) in [5.74, 6) is 2.36. The Bertz CT molecular complexity index is 179. The maximum absolute atomic E-state index is 5.56. The lowest BCUT2D eigenvalue weighted by molar-refractivity contribution is 0.233. The molecule has 0 aromatic carbocycles. The Hall–Kier alpha value is -0.0100. The molecule has 0 aromatic heterocycles. The molecule has 1 rings (SSSR count). The number of nitrogens with one attached hydrogen (secondary N) is 1. The van der Waals surface area contributed by atoms with Crippen molar-refractivity contribution >= 4 is 11.6 Å². The quantitative estimate of drug-likeness (QED) is 0.561. The fourth-order valence-electron chi connectivity index (χ4n) is 2.33. The van der Waals surface area contributed by atoms with E-state index >= 15 is 0 Å². The topological polar surface area (TPSA) is 12.0 Å². The largest absolute Gasteiger partial charge is 0.310 e. The van der Waals surface area contributed by atoms with Crippen molar-refractivity contribution in [3.8, 4) is 0 Å². The highest BCUT2D eigenvalue weighted by Crippen LogP contribution is 2.28. The lowest BCUT2D eigenvalue weighted by Gasteiger charge is -2.33. The van der Waals surface area contributed by atoms with E-state index in [4.69, 9.17) is 11.6 Å². The van der Waals surface area contributed by atoms with E-state index in [1.165, 1.54) is 19.3 Å². The molecule has 3 unspecified atom stereocenters. The maximum Gasteiger partial charge on any atom is 0.0404 e. The van der Waals surface area contributed by atoms with Crippen LogP contribution in [0, 0.1) is 11.8 Å². The van der Waals surface area contributed by atoms with Gasteiger partial charge in [0.1, 0.15) is 0 Å². The summed E-state index contributed by atoms with van der Waals surface area (Å²) >= 11 is 5.56. The SMILES string of the molecule is CC1CCC(NC/C=C/CCl)C(C)C1. The van der Waals surface area contributed by atoms with Crippen molar-refractivity contribution in [1.82, 2.24) is 5.32 Å². The van der Waals surface area contributed by atoms with E-state index in [0.29, 0.717) is 11.9 Å². The first kappa shape index (κ1) is 12.1. The summed E-state index contributed by atoms with van der Waals surface area (Å²) in [5, 5.41) is 3.58. The first-order chi connectivity index (χ1) is 6.74. The molecule has 1 fully saturated rings. The van der Waals surface area contributed by atoms with Gasteiger partial charge in [-0.2, -0.15) is 0 Å². The first-order valence-corrected chi connectivity index (χ1v) is 6.21. The Balaban J connectivity index is 2.20. The standard InChI is InChI=1S/C12H22ClN/c1-10-5-6-12(11(2)9-10)14-8-4-3-7-13/h3-4,10-12,14H,5-9H2,1-2H3/b4-3+. The molecule has 14 heavy (non-hydrogen) atoms. The molecule has 3 atom stereocenters. The van der Waals surface area contributed by atoms with Gasteiger partial charge in [0, 0.05) is 18.5 Å². The van der Waals surface area contributed by atoms with Crippen molar-refractivity contribution in [2.24, 2.45) is 11.8 Å². The Morgan fingerprint density at radius 3 is 2.71 bits per heavy atom. The summed E-state index contributed by atoms with van der Waals surface area (Å²) in [6, 6.07) is 0.714. The highest BCUT2D eigenvalue weighted by molar-refractivity contribution is 6.18. The van der Waals surface area contributed by atoms with Gasteiger partial charge in [0.25, 0.3) is 0 Å². The van der Waals surface area contributed by atoms with Gasteiger partial charge in [-0.1, -0.05) is 26.0 Å². The molecule has 0 radical (unpaired) electrons. The maximum atomic E-state index is 5.56. The summed E-state index contributed by atoms with van der Waals surface area (Å²) in [7, 11) is 0. The van der Waals surface area contributed by atoms with Crippen molar-refractivity contribution in [2.75, 3.05) is 12.4 Å². The van der Waals surface area contributed by atoms with Gasteiger partial charge in [0.05, 0.1) is 0 Å². The van der Waals surface area contributed by atoms with Gasteiger partial charge < -0.3 is 5.32 Å². The van der Waals surface area contributed by atoms with Gasteiger partial charge in [-0.3, -0.25) is 0 Å². The molecule has 0 heterocycles.